The molecule has 0 amide bonds. The van der Waals surface area contributed by atoms with E-state index in [-0.39, 0.29) is 6.07 Å². The first-order valence-corrected chi connectivity index (χ1v) is 4.18. The summed E-state index contributed by atoms with van der Waals surface area (Å²) in [6, 6.07) is 8.17. The van der Waals surface area contributed by atoms with E-state index in [2.05, 4.69) is 13.0 Å². The molecule has 1 aromatic rings. The van der Waals surface area contributed by atoms with Crippen LogP contribution in [0.25, 0.3) is 0 Å². The summed E-state index contributed by atoms with van der Waals surface area (Å²) in [5.41, 5.74) is 1.27. The van der Waals surface area contributed by atoms with E-state index in [0.29, 0.717) is 0 Å². The lowest BCUT2D eigenvalue weighted by Crippen LogP contribution is -1.89. The lowest BCUT2D eigenvalue weighted by molar-refractivity contribution is 0.387. The Bertz CT molecular complexity index is 223. The summed E-state index contributed by atoms with van der Waals surface area (Å²) in [7, 11) is 0. The first kappa shape index (κ1) is 8.41. The van der Waals surface area contributed by atoms with E-state index in [9.17, 15) is 0 Å². The molecule has 0 atom stereocenters. The molecule has 1 nitrogen and oxygen atoms in total. The van der Waals surface area contributed by atoms with Gasteiger partial charge in [0, 0.05) is 0 Å². The fourth-order valence-electron chi connectivity index (χ4n) is 0.918. The second-order valence-corrected chi connectivity index (χ2v) is 2.47. The highest BCUT2D eigenvalue weighted by molar-refractivity contribution is 6.17. The summed E-state index contributed by atoms with van der Waals surface area (Å²) in [5, 5.41) is 0. The van der Waals surface area contributed by atoms with E-state index in [4.69, 9.17) is 16.3 Å². The minimum atomic E-state index is 0.215. The highest BCUT2D eigenvalue weighted by Crippen LogP contribution is 2.13. The molecule has 1 aromatic carbocycles. The van der Waals surface area contributed by atoms with Crippen molar-refractivity contribution in [3.8, 4) is 5.75 Å². The van der Waals surface area contributed by atoms with Crippen molar-refractivity contribution < 1.29 is 4.74 Å². The second kappa shape index (κ2) is 4.24. The molecular weight excluding hydrogens is 160 g/mol. The zero-order chi connectivity index (χ0) is 8.10. The monoisotopic (exact) mass is 170 g/mol. The van der Waals surface area contributed by atoms with Crippen LogP contribution in [0.5, 0.6) is 5.75 Å². The molecule has 2 heteroatoms. The average Bonchev–Trinajstić information content (AvgIpc) is 2.06. The molecule has 0 aliphatic rings. The van der Waals surface area contributed by atoms with E-state index in [0.717, 1.165) is 12.2 Å². The van der Waals surface area contributed by atoms with Crippen LogP contribution in [0.3, 0.4) is 0 Å². The zero-order valence-electron chi connectivity index (χ0n) is 6.51. The van der Waals surface area contributed by atoms with Crippen LogP contribution in [0, 0.1) is 0 Å². The molecule has 0 saturated heterocycles. The minimum absolute atomic E-state index is 0.215. The molecule has 0 N–H and O–H groups in total. The van der Waals surface area contributed by atoms with Gasteiger partial charge in [-0.2, -0.15) is 0 Å². The van der Waals surface area contributed by atoms with E-state index < -0.39 is 0 Å². The Labute approximate surface area is 71.9 Å². The van der Waals surface area contributed by atoms with Gasteiger partial charge in [-0.15, -0.1) is 0 Å². The van der Waals surface area contributed by atoms with E-state index in [1.54, 1.807) is 0 Å². The maximum atomic E-state index is 5.41. The van der Waals surface area contributed by atoms with E-state index in [1.165, 1.54) is 5.56 Å². The van der Waals surface area contributed by atoms with Crippen LogP contribution in [-0.4, -0.2) is 6.07 Å². The predicted octanol–water partition coefficient (Wildman–Crippen LogP) is 2.82. The maximum Gasteiger partial charge on any atom is 0.162 e. The highest BCUT2D eigenvalue weighted by atomic mass is 35.5. The summed E-state index contributed by atoms with van der Waals surface area (Å²) < 4.78 is 5.11. The molecule has 0 aromatic heterocycles. The Kier molecular flexibility index (Phi) is 3.24. The molecular formula is C9H11ClO. The third kappa shape index (κ3) is 2.43. The summed E-state index contributed by atoms with van der Waals surface area (Å²) in [5.74, 6) is 0.847. The normalized spacial score (nSPS) is 9.64. The number of ether oxygens (including phenoxy) is 1. The topological polar surface area (TPSA) is 9.23 Å². The molecule has 0 aliphatic carbocycles. The molecule has 0 fully saturated rings. The van der Waals surface area contributed by atoms with Gasteiger partial charge in [-0.05, 0) is 24.1 Å². The minimum Gasteiger partial charge on any atom is -0.478 e. The van der Waals surface area contributed by atoms with Gasteiger partial charge in [0.1, 0.15) is 5.75 Å². The Morgan fingerprint density at radius 2 is 2.27 bits per heavy atom. The van der Waals surface area contributed by atoms with Gasteiger partial charge in [-0.25, -0.2) is 0 Å². The van der Waals surface area contributed by atoms with Gasteiger partial charge >= 0.3 is 0 Å². The fraction of sp³-hybridized carbons (Fsp3) is 0.333. The lowest BCUT2D eigenvalue weighted by atomic mass is 10.2. The third-order valence-electron chi connectivity index (χ3n) is 1.53. The molecule has 0 bridgehead atoms. The van der Waals surface area contributed by atoms with Crippen LogP contribution in [0.4, 0.5) is 0 Å². The van der Waals surface area contributed by atoms with Crippen molar-refractivity contribution in [3.05, 3.63) is 29.8 Å². The van der Waals surface area contributed by atoms with Gasteiger partial charge in [-0.3, -0.25) is 0 Å². The second-order valence-electron chi connectivity index (χ2n) is 2.25. The number of hydrogen-bond acceptors (Lipinski definition) is 1. The van der Waals surface area contributed by atoms with Crippen molar-refractivity contribution in [2.45, 2.75) is 13.3 Å². The first-order valence-electron chi connectivity index (χ1n) is 3.64. The lowest BCUT2D eigenvalue weighted by Gasteiger charge is -2.02. The fourth-order valence-corrected chi connectivity index (χ4v) is 1.04. The third-order valence-corrected chi connectivity index (χ3v) is 1.64. The van der Waals surface area contributed by atoms with Crippen molar-refractivity contribution in [2.24, 2.45) is 0 Å². The average molecular weight is 171 g/mol. The van der Waals surface area contributed by atoms with Crippen LogP contribution >= 0.6 is 11.6 Å². The smallest absolute Gasteiger partial charge is 0.162 e. The number of alkyl halides is 1. The summed E-state index contributed by atoms with van der Waals surface area (Å²) in [6.07, 6.45) is 1.03. The summed E-state index contributed by atoms with van der Waals surface area (Å²) >= 11 is 5.41. The van der Waals surface area contributed by atoms with Crippen molar-refractivity contribution >= 4 is 11.6 Å². The Morgan fingerprint density at radius 3 is 2.91 bits per heavy atom. The van der Waals surface area contributed by atoms with Gasteiger partial charge in [0.2, 0.25) is 0 Å². The van der Waals surface area contributed by atoms with E-state index in [1.807, 2.05) is 18.2 Å². The number of benzene rings is 1. The summed E-state index contributed by atoms with van der Waals surface area (Å²) in [6.45, 7) is 2.11. The van der Waals surface area contributed by atoms with Crippen LogP contribution < -0.4 is 4.74 Å². The molecule has 0 heterocycles. The molecule has 11 heavy (non-hydrogen) atoms. The standard InChI is InChI=1S/C9H11ClO/c1-2-8-4-3-5-9(6-8)11-7-10/h3-6H,2,7H2,1H3. The number of rotatable bonds is 3. The van der Waals surface area contributed by atoms with Gasteiger partial charge < -0.3 is 4.74 Å². The molecule has 0 aliphatic heterocycles. The van der Waals surface area contributed by atoms with E-state index >= 15 is 0 Å². The van der Waals surface area contributed by atoms with Crippen LogP contribution in [0.1, 0.15) is 12.5 Å². The molecule has 0 spiro atoms. The first-order chi connectivity index (χ1) is 5.36. The highest BCUT2D eigenvalue weighted by Gasteiger charge is 1.92. The molecule has 0 unspecified atom stereocenters. The van der Waals surface area contributed by atoms with Crippen LogP contribution in [-0.2, 0) is 6.42 Å². The van der Waals surface area contributed by atoms with Gasteiger partial charge in [0.25, 0.3) is 0 Å². The maximum absolute atomic E-state index is 5.41. The Hall–Kier alpha value is -0.690. The largest absolute Gasteiger partial charge is 0.478 e. The van der Waals surface area contributed by atoms with Crippen molar-refractivity contribution in [1.29, 1.82) is 0 Å². The van der Waals surface area contributed by atoms with Crippen molar-refractivity contribution in [2.75, 3.05) is 6.07 Å². The van der Waals surface area contributed by atoms with Crippen LogP contribution in [0.2, 0.25) is 0 Å². The molecule has 0 saturated carbocycles. The quantitative estimate of drug-likeness (QED) is 0.634. The Morgan fingerprint density at radius 1 is 1.45 bits per heavy atom. The van der Waals surface area contributed by atoms with Crippen molar-refractivity contribution in [1.82, 2.24) is 0 Å². The number of halogens is 1. The summed E-state index contributed by atoms with van der Waals surface area (Å²) in [4.78, 5) is 0. The number of hydrogen-bond donors (Lipinski definition) is 0. The van der Waals surface area contributed by atoms with Crippen molar-refractivity contribution in [3.63, 3.8) is 0 Å². The van der Waals surface area contributed by atoms with Crippen LogP contribution in [0.15, 0.2) is 24.3 Å². The molecule has 60 valence electrons. The zero-order valence-corrected chi connectivity index (χ0v) is 7.27. The van der Waals surface area contributed by atoms with Gasteiger partial charge in [0.05, 0.1) is 0 Å². The molecule has 0 radical (unpaired) electrons. The predicted molar refractivity (Wildman–Crippen MR) is 47.2 cm³/mol. The van der Waals surface area contributed by atoms with Gasteiger partial charge in [0.15, 0.2) is 6.07 Å². The SMILES string of the molecule is CCc1cccc(OCCl)c1. The Balaban J connectivity index is 2.74. The molecule has 1 rings (SSSR count). The van der Waals surface area contributed by atoms with Gasteiger partial charge in [-0.1, -0.05) is 30.7 Å². The number of aryl methyl sites for hydroxylation is 1.